The lowest BCUT2D eigenvalue weighted by Gasteiger charge is -2.31. The fourth-order valence-electron chi connectivity index (χ4n) is 4.47. The zero-order valence-corrected chi connectivity index (χ0v) is 19.1. The zero-order valence-electron chi connectivity index (χ0n) is 19.1. The van der Waals surface area contributed by atoms with Gasteiger partial charge in [0.2, 0.25) is 5.91 Å². The third-order valence-corrected chi connectivity index (χ3v) is 6.46. The Bertz CT molecular complexity index is 1050. The van der Waals surface area contributed by atoms with Gasteiger partial charge in [-0.25, -0.2) is 4.99 Å². The van der Waals surface area contributed by atoms with E-state index in [9.17, 15) is 14.4 Å². The van der Waals surface area contributed by atoms with E-state index in [0.717, 1.165) is 5.71 Å². The van der Waals surface area contributed by atoms with E-state index in [-0.39, 0.29) is 29.4 Å². The second kappa shape index (κ2) is 9.22. The van der Waals surface area contributed by atoms with Gasteiger partial charge in [-0.15, -0.1) is 0 Å². The van der Waals surface area contributed by atoms with Gasteiger partial charge in [-0.2, -0.15) is 5.10 Å². The van der Waals surface area contributed by atoms with Crippen LogP contribution in [0.15, 0.2) is 29.6 Å². The lowest BCUT2D eigenvalue weighted by molar-refractivity contribution is -0.132. The van der Waals surface area contributed by atoms with E-state index in [2.05, 4.69) is 10.1 Å². The molecule has 2 aromatic rings. The summed E-state index contributed by atoms with van der Waals surface area (Å²) in [4.78, 5) is 44.2. The van der Waals surface area contributed by atoms with Gasteiger partial charge in [0.15, 0.2) is 11.6 Å². The second-order valence-corrected chi connectivity index (χ2v) is 9.12. The maximum atomic E-state index is 12.8. The van der Waals surface area contributed by atoms with Gasteiger partial charge in [-0.05, 0) is 45.6 Å². The second-order valence-electron chi connectivity index (χ2n) is 9.12. The molecule has 2 aliphatic rings. The number of aromatic nitrogens is 3. The highest BCUT2D eigenvalue weighted by atomic mass is 16.2. The molecular weight excluding hydrogens is 406 g/mol. The van der Waals surface area contributed by atoms with Crippen LogP contribution in [-0.4, -0.2) is 55.5 Å². The molecule has 2 aliphatic heterocycles. The van der Waals surface area contributed by atoms with Crippen molar-refractivity contribution in [3.05, 3.63) is 35.8 Å². The van der Waals surface area contributed by atoms with E-state index < -0.39 is 0 Å². The molecule has 0 N–H and O–H groups in total. The van der Waals surface area contributed by atoms with Crippen LogP contribution in [0.1, 0.15) is 79.1 Å². The molecule has 4 heterocycles. The molecule has 32 heavy (non-hydrogen) atoms. The molecule has 0 radical (unpaired) electrons. The number of aliphatic imine (C=N–C) groups is 1. The third kappa shape index (κ3) is 4.59. The summed E-state index contributed by atoms with van der Waals surface area (Å²) in [6, 6.07) is 2.04. The predicted octanol–water partition coefficient (Wildman–Crippen LogP) is 3.75. The molecule has 8 heteroatoms. The molecule has 4 rings (SSSR count). The lowest BCUT2D eigenvalue weighted by atomic mass is 9.90. The monoisotopic (exact) mass is 437 g/mol. The topological polar surface area (TPSA) is 89.6 Å². The highest BCUT2D eigenvalue weighted by Crippen LogP contribution is 2.28. The van der Waals surface area contributed by atoms with Crippen molar-refractivity contribution in [3.8, 4) is 0 Å². The Balaban J connectivity index is 1.24. The number of carbonyl (C=O) groups is 3. The number of hydrogen-bond donors (Lipinski definition) is 0. The van der Waals surface area contributed by atoms with Crippen molar-refractivity contribution in [1.29, 1.82) is 0 Å². The number of fused-ring (bicyclic) bond motifs is 1. The van der Waals surface area contributed by atoms with Crippen molar-refractivity contribution >= 4 is 29.0 Å². The first-order valence-electron chi connectivity index (χ1n) is 11.4. The molecule has 0 unspecified atom stereocenters. The van der Waals surface area contributed by atoms with Gasteiger partial charge in [0.25, 0.3) is 0 Å². The summed E-state index contributed by atoms with van der Waals surface area (Å²) >= 11 is 0. The molecule has 0 saturated carbocycles. The smallest absolute Gasteiger partial charge is 0.222 e. The number of amides is 1. The summed E-state index contributed by atoms with van der Waals surface area (Å²) in [5, 5.41) is 4.27. The standard InChI is InChI=1S/C24H31N5O3/c1-16(2)29-15-18(14-25-29)23(32)17-7-11-28(12-8-17)22(31)6-4-5-19-13-21(30)20-9-10-27(3)24(20)26-19/h9-10,14-17H,4-8,11-13H2,1-3H3. The Morgan fingerprint density at radius 2 is 1.97 bits per heavy atom. The van der Waals surface area contributed by atoms with E-state index in [1.165, 1.54) is 0 Å². The molecule has 8 nitrogen and oxygen atoms in total. The molecule has 1 amide bonds. The molecule has 1 fully saturated rings. The number of piperidine rings is 1. The zero-order chi connectivity index (χ0) is 22.8. The maximum Gasteiger partial charge on any atom is 0.222 e. The normalized spacial score (nSPS) is 16.9. The first-order valence-corrected chi connectivity index (χ1v) is 11.4. The van der Waals surface area contributed by atoms with Crippen LogP contribution in [0.5, 0.6) is 0 Å². The van der Waals surface area contributed by atoms with Gasteiger partial charge in [0, 0.05) is 63.0 Å². The quantitative estimate of drug-likeness (QED) is 0.617. The highest BCUT2D eigenvalue weighted by Gasteiger charge is 2.29. The average molecular weight is 438 g/mol. The fourth-order valence-corrected chi connectivity index (χ4v) is 4.47. The van der Waals surface area contributed by atoms with Crippen LogP contribution in [0.25, 0.3) is 0 Å². The maximum absolute atomic E-state index is 12.8. The minimum Gasteiger partial charge on any atom is -0.343 e. The molecule has 170 valence electrons. The number of hydrogen-bond acceptors (Lipinski definition) is 5. The molecule has 0 aliphatic carbocycles. The number of nitrogens with zero attached hydrogens (tertiary/aromatic N) is 5. The first kappa shape index (κ1) is 22.2. The molecular formula is C24H31N5O3. The van der Waals surface area contributed by atoms with Crippen LogP contribution in [-0.2, 0) is 11.8 Å². The summed E-state index contributed by atoms with van der Waals surface area (Å²) < 4.78 is 3.66. The van der Waals surface area contributed by atoms with Crippen LogP contribution in [0, 0.1) is 5.92 Å². The minimum atomic E-state index is -0.0500. The first-order chi connectivity index (χ1) is 15.3. The van der Waals surface area contributed by atoms with Gasteiger partial charge in [0.05, 0.1) is 17.3 Å². The van der Waals surface area contributed by atoms with Crippen molar-refractivity contribution in [2.24, 2.45) is 18.0 Å². The number of carbonyl (C=O) groups excluding carboxylic acids is 3. The van der Waals surface area contributed by atoms with Crippen LogP contribution in [0.3, 0.4) is 0 Å². The Morgan fingerprint density at radius 3 is 2.66 bits per heavy atom. The molecule has 0 bridgehead atoms. The highest BCUT2D eigenvalue weighted by molar-refractivity contribution is 6.15. The summed E-state index contributed by atoms with van der Waals surface area (Å²) in [5.74, 6) is 1.01. The Kier molecular flexibility index (Phi) is 6.39. The SMILES string of the molecule is CC(C)n1cc(C(=O)C2CCN(C(=O)CCCC3=Nc4c(ccn4C)C(=O)C3)CC2)cn1. The van der Waals surface area contributed by atoms with Crippen LogP contribution < -0.4 is 0 Å². The Morgan fingerprint density at radius 1 is 1.22 bits per heavy atom. The van der Waals surface area contributed by atoms with E-state index in [1.54, 1.807) is 10.9 Å². The predicted molar refractivity (Wildman–Crippen MR) is 122 cm³/mol. The summed E-state index contributed by atoms with van der Waals surface area (Å²) in [6.45, 7) is 5.28. The van der Waals surface area contributed by atoms with Crippen LogP contribution >= 0.6 is 0 Å². The van der Waals surface area contributed by atoms with Crippen molar-refractivity contribution in [2.75, 3.05) is 13.1 Å². The fraction of sp³-hybridized carbons (Fsp3) is 0.542. The van der Waals surface area contributed by atoms with E-state index in [4.69, 9.17) is 0 Å². The summed E-state index contributed by atoms with van der Waals surface area (Å²) in [7, 11) is 1.88. The van der Waals surface area contributed by atoms with Gasteiger partial charge in [0.1, 0.15) is 5.82 Å². The molecule has 0 aromatic carbocycles. The number of ketones is 2. The number of aryl methyl sites for hydroxylation is 1. The largest absolute Gasteiger partial charge is 0.343 e. The lowest BCUT2D eigenvalue weighted by Crippen LogP contribution is -2.40. The Labute approximate surface area is 188 Å². The van der Waals surface area contributed by atoms with Gasteiger partial charge in [-0.1, -0.05) is 0 Å². The van der Waals surface area contributed by atoms with E-state index in [0.29, 0.717) is 68.6 Å². The average Bonchev–Trinajstić information content (AvgIpc) is 3.41. The van der Waals surface area contributed by atoms with E-state index >= 15 is 0 Å². The van der Waals surface area contributed by atoms with Gasteiger partial charge >= 0.3 is 0 Å². The van der Waals surface area contributed by atoms with Crippen LogP contribution in [0.2, 0.25) is 0 Å². The molecule has 1 saturated heterocycles. The van der Waals surface area contributed by atoms with Crippen LogP contribution in [0.4, 0.5) is 5.82 Å². The van der Waals surface area contributed by atoms with Gasteiger partial charge < -0.3 is 9.47 Å². The molecule has 2 aromatic heterocycles. The van der Waals surface area contributed by atoms with Gasteiger partial charge in [-0.3, -0.25) is 19.1 Å². The minimum absolute atomic E-state index is 0.0500. The summed E-state index contributed by atoms with van der Waals surface area (Å²) in [6.07, 6.45) is 8.81. The van der Waals surface area contributed by atoms with Crippen molar-refractivity contribution in [1.82, 2.24) is 19.2 Å². The third-order valence-electron chi connectivity index (χ3n) is 6.46. The number of rotatable bonds is 7. The van der Waals surface area contributed by atoms with E-state index in [1.807, 2.05) is 48.8 Å². The molecule has 0 spiro atoms. The van der Waals surface area contributed by atoms with Crippen molar-refractivity contribution < 1.29 is 14.4 Å². The van der Waals surface area contributed by atoms with Crippen molar-refractivity contribution in [2.45, 2.75) is 58.4 Å². The van der Waals surface area contributed by atoms with Crippen molar-refractivity contribution in [3.63, 3.8) is 0 Å². The number of likely N-dealkylation sites (tertiary alicyclic amines) is 1. The number of Topliss-reactive ketones (excluding diaryl/α,β-unsaturated/α-hetero) is 2. The Hall–Kier alpha value is -3.03. The summed E-state index contributed by atoms with van der Waals surface area (Å²) in [5.41, 5.74) is 2.19. The molecule has 0 atom stereocenters.